The van der Waals surface area contributed by atoms with E-state index >= 15 is 0 Å². The Hall–Kier alpha value is -0.610. The third-order valence-electron chi connectivity index (χ3n) is 2.12. The summed E-state index contributed by atoms with van der Waals surface area (Å²) in [5, 5.41) is 0. The minimum Gasteiger partial charge on any atom is -0.323 e. The highest BCUT2D eigenvalue weighted by Crippen LogP contribution is 2.31. The molecule has 4 heteroatoms. The molecule has 1 atom stereocenters. The number of alkyl halides is 2. The summed E-state index contributed by atoms with van der Waals surface area (Å²) in [5.41, 5.74) is 5.23. The smallest absolute Gasteiger partial charge is 0.287 e. The number of rotatable bonds is 4. The monoisotopic (exact) mass is 231 g/mol. The Balaban J connectivity index is 2.88. The third-order valence-corrected chi connectivity index (χ3v) is 3.02. The molecular formula is C11H15F2NS. The molecule has 1 rings (SSSR count). The van der Waals surface area contributed by atoms with E-state index in [1.165, 1.54) is 19.1 Å². The van der Waals surface area contributed by atoms with Gasteiger partial charge in [-0.15, -0.1) is 11.8 Å². The first kappa shape index (κ1) is 12.5. The molecule has 0 aliphatic rings. The topological polar surface area (TPSA) is 26.0 Å². The third kappa shape index (κ3) is 2.92. The Kier molecular flexibility index (Phi) is 4.11. The lowest BCUT2D eigenvalue weighted by Crippen LogP contribution is -2.35. The maximum absolute atomic E-state index is 13.5. The van der Waals surface area contributed by atoms with Crippen LogP contribution in [0.25, 0.3) is 0 Å². The zero-order valence-electron chi connectivity index (χ0n) is 8.84. The van der Waals surface area contributed by atoms with Gasteiger partial charge in [-0.1, -0.05) is 19.1 Å². The van der Waals surface area contributed by atoms with Gasteiger partial charge in [0.15, 0.2) is 0 Å². The molecule has 1 aromatic carbocycles. The first-order valence-electron chi connectivity index (χ1n) is 4.85. The van der Waals surface area contributed by atoms with Gasteiger partial charge in [-0.3, -0.25) is 0 Å². The van der Waals surface area contributed by atoms with Crippen molar-refractivity contribution in [3.63, 3.8) is 0 Å². The average molecular weight is 231 g/mol. The molecule has 0 spiro atoms. The highest BCUT2D eigenvalue weighted by Gasteiger charge is 2.35. The lowest BCUT2D eigenvalue weighted by atomic mass is 10.0. The fraction of sp³-hybridized carbons (Fsp3) is 0.455. The van der Waals surface area contributed by atoms with Crippen LogP contribution in [-0.2, 0) is 5.92 Å². The number of halogens is 2. The molecule has 0 aromatic heterocycles. The van der Waals surface area contributed by atoms with E-state index in [2.05, 4.69) is 0 Å². The summed E-state index contributed by atoms with van der Waals surface area (Å²) in [6.45, 7) is 3.34. The van der Waals surface area contributed by atoms with Gasteiger partial charge in [-0.2, -0.15) is 8.78 Å². The average Bonchev–Trinajstić information content (AvgIpc) is 2.19. The van der Waals surface area contributed by atoms with Crippen LogP contribution < -0.4 is 5.73 Å². The summed E-state index contributed by atoms with van der Waals surface area (Å²) >= 11 is 1.63. The molecule has 0 aliphatic heterocycles. The van der Waals surface area contributed by atoms with E-state index in [1.54, 1.807) is 23.9 Å². The fourth-order valence-corrected chi connectivity index (χ4v) is 1.86. The van der Waals surface area contributed by atoms with Crippen LogP contribution in [0.4, 0.5) is 8.78 Å². The molecule has 84 valence electrons. The molecule has 2 N–H and O–H groups in total. The van der Waals surface area contributed by atoms with Gasteiger partial charge in [0.1, 0.15) is 0 Å². The molecule has 1 nitrogen and oxygen atoms in total. The van der Waals surface area contributed by atoms with E-state index < -0.39 is 12.0 Å². The summed E-state index contributed by atoms with van der Waals surface area (Å²) in [5.74, 6) is -2.02. The van der Waals surface area contributed by atoms with Gasteiger partial charge < -0.3 is 5.73 Å². The standard InChI is InChI=1S/C11H15F2NS/c1-3-15-10-6-4-9(5-7-10)11(12,13)8(2)14/h4-8H,3,14H2,1-2H3. The number of hydrogen-bond acceptors (Lipinski definition) is 2. The minimum absolute atomic E-state index is 0.0158. The van der Waals surface area contributed by atoms with Crippen LogP contribution >= 0.6 is 11.8 Å². The Labute approximate surface area is 93.1 Å². The van der Waals surface area contributed by atoms with Crippen molar-refractivity contribution in [2.24, 2.45) is 5.73 Å². The van der Waals surface area contributed by atoms with Crippen molar-refractivity contribution >= 4 is 11.8 Å². The van der Waals surface area contributed by atoms with Gasteiger partial charge >= 0.3 is 0 Å². The Morgan fingerprint density at radius 3 is 2.27 bits per heavy atom. The number of thioether (sulfide) groups is 1. The van der Waals surface area contributed by atoms with Gasteiger partial charge in [0, 0.05) is 10.5 Å². The van der Waals surface area contributed by atoms with Gasteiger partial charge in [0.2, 0.25) is 0 Å². The maximum atomic E-state index is 13.5. The second-order valence-corrected chi connectivity index (χ2v) is 4.71. The van der Waals surface area contributed by atoms with Crippen molar-refractivity contribution in [1.29, 1.82) is 0 Å². The summed E-state index contributed by atoms with van der Waals surface area (Å²) in [4.78, 5) is 1.00. The molecule has 0 saturated heterocycles. The van der Waals surface area contributed by atoms with Crippen LogP contribution in [0.5, 0.6) is 0 Å². The summed E-state index contributed by atoms with van der Waals surface area (Å²) in [6.07, 6.45) is 0. The van der Waals surface area contributed by atoms with E-state index in [0.717, 1.165) is 10.6 Å². The van der Waals surface area contributed by atoms with Crippen LogP contribution in [0.2, 0.25) is 0 Å². The quantitative estimate of drug-likeness (QED) is 0.805. The molecule has 0 saturated carbocycles. The largest absolute Gasteiger partial charge is 0.323 e. The van der Waals surface area contributed by atoms with E-state index in [0.29, 0.717) is 0 Å². The van der Waals surface area contributed by atoms with E-state index in [-0.39, 0.29) is 5.56 Å². The van der Waals surface area contributed by atoms with Crippen molar-refractivity contribution in [3.05, 3.63) is 29.8 Å². The van der Waals surface area contributed by atoms with Crippen molar-refractivity contribution in [2.75, 3.05) is 5.75 Å². The summed E-state index contributed by atoms with van der Waals surface area (Å²) < 4.78 is 26.9. The molecule has 0 amide bonds. The predicted octanol–water partition coefficient (Wildman–Crippen LogP) is 3.24. The van der Waals surface area contributed by atoms with Crippen molar-refractivity contribution in [3.8, 4) is 0 Å². The van der Waals surface area contributed by atoms with Crippen LogP contribution in [0, 0.1) is 0 Å². The van der Waals surface area contributed by atoms with Gasteiger partial charge in [-0.05, 0) is 24.8 Å². The second kappa shape index (κ2) is 4.94. The van der Waals surface area contributed by atoms with Crippen LogP contribution in [0.3, 0.4) is 0 Å². The minimum atomic E-state index is -2.95. The molecule has 0 bridgehead atoms. The van der Waals surface area contributed by atoms with Gasteiger partial charge in [-0.25, -0.2) is 0 Å². The second-order valence-electron chi connectivity index (χ2n) is 3.37. The van der Waals surface area contributed by atoms with Crippen molar-refractivity contribution in [1.82, 2.24) is 0 Å². The lowest BCUT2D eigenvalue weighted by molar-refractivity contribution is -0.0256. The Morgan fingerprint density at radius 1 is 1.33 bits per heavy atom. The maximum Gasteiger partial charge on any atom is 0.287 e. The summed E-state index contributed by atoms with van der Waals surface area (Å²) in [7, 11) is 0. The molecular weight excluding hydrogens is 216 g/mol. The Morgan fingerprint density at radius 2 is 1.87 bits per heavy atom. The van der Waals surface area contributed by atoms with Crippen molar-refractivity contribution < 1.29 is 8.78 Å². The number of nitrogens with two attached hydrogens (primary N) is 1. The lowest BCUT2D eigenvalue weighted by Gasteiger charge is -2.20. The van der Waals surface area contributed by atoms with Gasteiger partial charge in [0.25, 0.3) is 5.92 Å². The normalized spacial score (nSPS) is 13.9. The fourth-order valence-electron chi connectivity index (χ4n) is 1.20. The van der Waals surface area contributed by atoms with E-state index in [9.17, 15) is 8.78 Å². The molecule has 0 radical (unpaired) electrons. The number of hydrogen-bond donors (Lipinski definition) is 1. The zero-order valence-corrected chi connectivity index (χ0v) is 9.65. The highest BCUT2D eigenvalue weighted by atomic mass is 32.2. The van der Waals surface area contributed by atoms with E-state index in [4.69, 9.17) is 5.73 Å². The van der Waals surface area contributed by atoms with Crippen molar-refractivity contribution in [2.45, 2.75) is 30.7 Å². The van der Waals surface area contributed by atoms with E-state index in [1.807, 2.05) is 6.92 Å². The SMILES string of the molecule is CCSc1ccc(C(F)(F)C(C)N)cc1. The Bertz CT molecular complexity index is 309. The molecule has 1 aromatic rings. The first-order valence-corrected chi connectivity index (χ1v) is 5.83. The molecule has 15 heavy (non-hydrogen) atoms. The molecule has 0 fully saturated rings. The van der Waals surface area contributed by atoms with Crippen LogP contribution in [0.15, 0.2) is 29.2 Å². The molecule has 1 unspecified atom stereocenters. The predicted molar refractivity (Wildman–Crippen MR) is 60.4 cm³/mol. The van der Waals surface area contributed by atoms with Crippen LogP contribution in [0.1, 0.15) is 19.4 Å². The summed E-state index contributed by atoms with van der Waals surface area (Å²) in [6, 6.07) is 5.14. The number of benzene rings is 1. The molecule has 0 aliphatic carbocycles. The zero-order chi connectivity index (χ0) is 11.5. The first-order chi connectivity index (χ1) is 6.98. The van der Waals surface area contributed by atoms with Gasteiger partial charge in [0.05, 0.1) is 6.04 Å². The highest BCUT2D eigenvalue weighted by molar-refractivity contribution is 7.99. The molecule has 0 heterocycles. The van der Waals surface area contributed by atoms with Crippen LogP contribution in [-0.4, -0.2) is 11.8 Å².